The second-order valence-corrected chi connectivity index (χ2v) is 5.86. The molecule has 1 heterocycles. The van der Waals surface area contributed by atoms with Gasteiger partial charge in [0.1, 0.15) is 0 Å². The van der Waals surface area contributed by atoms with Gasteiger partial charge in [-0.15, -0.1) is 0 Å². The summed E-state index contributed by atoms with van der Waals surface area (Å²) in [4.78, 5) is 0. The van der Waals surface area contributed by atoms with Gasteiger partial charge in [0, 0.05) is 30.9 Å². The SMILES string of the molecule is Cc1nn(C)cc1C(C)NC(c1ccccc1)C(C)C. The van der Waals surface area contributed by atoms with Gasteiger partial charge in [-0.2, -0.15) is 5.10 Å². The zero-order valence-electron chi connectivity index (χ0n) is 13.1. The van der Waals surface area contributed by atoms with Gasteiger partial charge in [-0.05, 0) is 25.3 Å². The number of benzene rings is 1. The van der Waals surface area contributed by atoms with E-state index in [1.807, 2.05) is 11.7 Å². The van der Waals surface area contributed by atoms with Crippen LogP contribution in [0.4, 0.5) is 0 Å². The molecule has 2 unspecified atom stereocenters. The molecule has 0 amide bonds. The van der Waals surface area contributed by atoms with Crippen LogP contribution in [0.5, 0.6) is 0 Å². The number of aromatic nitrogens is 2. The van der Waals surface area contributed by atoms with Crippen LogP contribution in [0.3, 0.4) is 0 Å². The molecule has 2 atom stereocenters. The zero-order chi connectivity index (χ0) is 14.7. The van der Waals surface area contributed by atoms with Gasteiger partial charge >= 0.3 is 0 Å². The monoisotopic (exact) mass is 271 g/mol. The number of nitrogens with zero attached hydrogens (tertiary/aromatic N) is 2. The van der Waals surface area contributed by atoms with Gasteiger partial charge in [-0.1, -0.05) is 44.2 Å². The first-order chi connectivity index (χ1) is 9.49. The maximum absolute atomic E-state index is 4.43. The molecule has 108 valence electrons. The highest BCUT2D eigenvalue weighted by Crippen LogP contribution is 2.26. The van der Waals surface area contributed by atoms with Crippen LogP contribution in [-0.2, 0) is 7.05 Å². The van der Waals surface area contributed by atoms with Crippen molar-refractivity contribution in [1.82, 2.24) is 15.1 Å². The summed E-state index contributed by atoms with van der Waals surface area (Å²) in [6.07, 6.45) is 2.11. The third-order valence-corrected chi connectivity index (χ3v) is 3.77. The predicted molar refractivity (Wildman–Crippen MR) is 83.5 cm³/mol. The standard InChI is InChI=1S/C17H25N3/c1-12(2)17(15-9-7-6-8-10-15)18-13(3)16-11-20(5)19-14(16)4/h6-13,17-18H,1-5H3. The lowest BCUT2D eigenvalue weighted by molar-refractivity contribution is 0.374. The molecule has 2 rings (SSSR count). The third-order valence-electron chi connectivity index (χ3n) is 3.77. The molecule has 0 spiro atoms. The van der Waals surface area contributed by atoms with Crippen LogP contribution in [0.1, 0.15) is 49.7 Å². The van der Waals surface area contributed by atoms with Crippen LogP contribution in [0.2, 0.25) is 0 Å². The first kappa shape index (κ1) is 14.8. The van der Waals surface area contributed by atoms with Gasteiger partial charge < -0.3 is 5.32 Å². The Morgan fingerprint density at radius 3 is 2.25 bits per heavy atom. The van der Waals surface area contributed by atoms with Crippen molar-refractivity contribution in [2.45, 2.75) is 39.8 Å². The molecule has 3 heteroatoms. The van der Waals surface area contributed by atoms with Crippen molar-refractivity contribution < 1.29 is 0 Å². The molecule has 3 nitrogen and oxygen atoms in total. The molecule has 2 aromatic rings. The average molecular weight is 271 g/mol. The average Bonchev–Trinajstić information content (AvgIpc) is 2.75. The first-order valence-corrected chi connectivity index (χ1v) is 7.30. The third kappa shape index (κ3) is 3.28. The normalized spacial score (nSPS) is 14.5. The molecule has 1 N–H and O–H groups in total. The Balaban J connectivity index is 2.19. The molecule has 1 aromatic heterocycles. The summed E-state index contributed by atoms with van der Waals surface area (Å²) in [7, 11) is 1.97. The summed E-state index contributed by atoms with van der Waals surface area (Å²) in [5.41, 5.74) is 3.72. The summed E-state index contributed by atoms with van der Waals surface area (Å²) in [6, 6.07) is 11.3. The van der Waals surface area contributed by atoms with E-state index in [1.165, 1.54) is 11.1 Å². The largest absolute Gasteiger partial charge is 0.303 e. The lowest BCUT2D eigenvalue weighted by atomic mass is 9.94. The van der Waals surface area contributed by atoms with Crippen molar-refractivity contribution in [3.05, 3.63) is 53.3 Å². The van der Waals surface area contributed by atoms with Crippen molar-refractivity contribution in [3.63, 3.8) is 0 Å². The summed E-state index contributed by atoms with van der Waals surface area (Å²) in [5, 5.41) is 8.18. The van der Waals surface area contributed by atoms with Gasteiger partial charge in [0.15, 0.2) is 0 Å². The second kappa shape index (κ2) is 6.23. The number of rotatable bonds is 5. The van der Waals surface area contributed by atoms with E-state index >= 15 is 0 Å². The smallest absolute Gasteiger partial charge is 0.0641 e. The lowest BCUT2D eigenvalue weighted by Crippen LogP contribution is -2.28. The summed E-state index contributed by atoms with van der Waals surface area (Å²) in [5.74, 6) is 0.539. The highest BCUT2D eigenvalue weighted by atomic mass is 15.3. The minimum Gasteiger partial charge on any atom is -0.303 e. The topological polar surface area (TPSA) is 29.9 Å². The minimum absolute atomic E-state index is 0.288. The minimum atomic E-state index is 0.288. The van der Waals surface area contributed by atoms with Gasteiger partial charge in [-0.25, -0.2) is 0 Å². The molecule has 0 fully saturated rings. The van der Waals surface area contributed by atoms with Gasteiger partial charge in [0.05, 0.1) is 5.69 Å². The second-order valence-electron chi connectivity index (χ2n) is 5.86. The van der Waals surface area contributed by atoms with E-state index in [0.29, 0.717) is 12.0 Å². The molecule has 0 aliphatic carbocycles. The summed E-state index contributed by atoms with van der Waals surface area (Å²) >= 11 is 0. The Hall–Kier alpha value is -1.61. The van der Waals surface area contributed by atoms with Crippen molar-refractivity contribution in [1.29, 1.82) is 0 Å². The predicted octanol–water partition coefficient (Wildman–Crippen LogP) is 3.78. The van der Waals surface area contributed by atoms with Crippen LogP contribution < -0.4 is 5.32 Å². The molecule has 0 aliphatic rings. The molecular formula is C17H25N3. The van der Waals surface area contributed by atoms with Crippen LogP contribution in [-0.4, -0.2) is 9.78 Å². The number of hydrogen-bond acceptors (Lipinski definition) is 2. The number of aryl methyl sites for hydroxylation is 2. The maximum Gasteiger partial charge on any atom is 0.0641 e. The Kier molecular flexibility index (Phi) is 4.61. The van der Waals surface area contributed by atoms with Crippen molar-refractivity contribution in [3.8, 4) is 0 Å². The van der Waals surface area contributed by atoms with E-state index < -0.39 is 0 Å². The molecule has 0 aliphatic heterocycles. The van der Waals surface area contributed by atoms with Crippen LogP contribution in [0.15, 0.2) is 36.5 Å². The molecular weight excluding hydrogens is 246 g/mol. The molecule has 0 bridgehead atoms. The molecule has 0 radical (unpaired) electrons. The van der Waals surface area contributed by atoms with Crippen LogP contribution in [0, 0.1) is 12.8 Å². The van der Waals surface area contributed by atoms with Crippen molar-refractivity contribution in [2.75, 3.05) is 0 Å². The maximum atomic E-state index is 4.43. The Morgan fingerprint density at radius 1 is 1.10 bits per heavy atom. The highest BCUT2D eigenvalue weighted by Gasteiger charge is 2.20. The zero-order valence-corrected chi connectivity index (χ0v) is 13.1. The fourth-order valence-electron chi connectivity index (χ4n) is 2.74. The first-order valence-electron chi connectivity index (χ1n) is 7.30. The van der Waals surface area contributed by atoms with Gasteiger partial charge in [-0.3, -0.25) is 4.68 Å². The van der Waals surface area contributed by atoms with Crippen LogP contribution in [0.25, 0.3) is 0 Å². The van der Waals surface area contributed by atoms with E-state index in [-0.39, 0.29) is 6.04 Å². The molecule has 20 heavy (non-hydrogen) atoms. The fraction of sp³-hybridized carbons (Fsp3) is 0.471. The molecule has 0 saturated heterocycles. The fourth-order valence-corrected chi connectivity index (χ4v) is 2.74. The van der Waals surface area contributed by atoms with E-state index in [4.69, 9.17) is 0 Å². The quantitative estimate of drug-likeness (QED) is 0.897. The Bertz CT molecular complexity index is 543. The van der Waals surface area contributed by atoms with E-state index in [1.54, 1.807) is 0 Å². The van der Waals surface area contributed by atoms with Crippen molar-refractivity contribution >= 4 is 0 Å². The van der Waals surface area contributed by atoms with E-state index in [9.17, 15) is 0 Å². The number of nitrogens with one attached hydrogen (secondary N) is 1. The lowest BCUT2D eigenvalue weighted by Gasteiger charge is -2.27. The van der Waals surface area contributed by atoms with Gasteiger partial charge in [0.2, 0.25) is 0 Å². The Labute approximate surface area is 122 Å². The van der Waals surface area contributed by atoms with Gasteiger partial charge in [0.25, 0.3) is 0 Å². The molecule has 1 aromatic carbocycles. The molecule has 0 saturated carbocycles. The summed E-state index contributed by atoms with van der Waals surface area (Å²) in [6.45, 7) is 8.80. The Morgan fingerprint density at radius 2 is 1.75 bits per heavy atom. The highest BCUT2D eigenvalue weighted by molar-refractivity contribution is 5.23. The van der Waals surface area contributed by atoms with E-state index in [0.717, 1.165) is 5.69 Å². The van der Waals surface area contributed by atoms with Crippen LogP contribution >= 0.6 is 0 Å². The van der Waals surface area contributed by atoms with E-state index in [2.05, 4.69) is 74.6 Å². The number of hydrogen-bond donors (Lipinski definition) is 1. The van der Waals surface area contributed by atoms with Crippen molar-refractivity contribution in [2.24, 2.45) is 13.0 Å². The summed E-state index contributed by atoms with van der Waals surface area (Å²) < 4.78 is 1.88.